The predicted octanol–water partition coefficient (Wildman–Crippen LogP) is 0.710. The molecule has 0 fully saturated rings. The number of hydrogen-bond acceptors (Lipinski definition) is 2. The van der Waals surface area contributed by atoms with E-state index in [9.17, 15) is 4.79 Å². The summed E-state index contributed by atoms with van der Waals surface area (Å²) in [5, 5.41) is 2.60. The summed E-state index contributed by atoms with van der Waals surface area (Å²) < 4.78 is 0. The van der Waals surface area contributed by atoms with Crippen molar-refractivity contribution in [2.45, 2.75) is 20.3 Å². The Kier molecular flexibility index (Phi) is 14.4. The lowest BCUT2D eigenvalue weighted by Gasteiger charge is -2.07. The van der Waals surface area contributed by atoms with Gasteiger partial charge in [-0.2, -0.15) is 0 Å². The van der Waals surface area contributed by atoms with E-state index in [1.54, 1.807) is 0 Å². The van der Waals surface area contributed by atoms with Gasteiger partial charge in [0.1, 0.15) is 0 Å². The molecule has 0 aromatic heterocycles. The molecule has 0 rings (SSSR count). The Hall–Kier alpha value is -0.570. The second-order valence-electron chi connectivity index (χ2n) is 2.23. The molecule has 0 aromatic carbocycles. The van der Waals surface area contributed by atoms with Crippen molar-refractivity contribution in [2.75, 3.05) is 27.2 Å². The predicted molar refractivity (Wildman–Crippen MR) is 48.6 cm³/mol. The molecule has 1 N–H and O–H groups in total. The monoisotopic (exact) mass is 160 g/mol. The molecule has 0 atom stereocenters. The van der Waals surface area contributed by atoms with Gasteiger partial charge in [0.15, 0.2) is 0 Å². The van der Waals surface area contributed by atoms with Crippen LogP contribution in [0.1, 0.15) is 20.3 Å². The smallest absolute Gasteiger partial charge is 0.207 e. The van der Waals surface area contributed by atoms with Gasteiger partial charge in [-0.05, 0) is 27.1 Å². The van der Waals surface area contributed by atoms with Crippen molar-refractivity contribution in [3.05, 3.63) is 0 Å². The highest BCUT2D eigenvalue weighted by Crippen LogP contribution is 1.78. The number of carbonyl (C=O) groups is 1. The van der Waals surface area contributed by atoms with Crippen LogP contribution in [0.15, 0.2) is 0 Å². The Labute approximate surface area is 69.8 Å². The average Bonchev–Trinajstić information content (AvgIpc) is 2.02. The number of carbonyl (C=O) groups excluding carboxylic acids is 1. The zero-order valence-electron chi connectivity index (χ0n) is 8.05. The van der Waals surface area contributed by atoms with E-state index in [2.05, 4.69) is 10.2 Å². The van der Waals surface area contributed by atoms with Gasteiger partial charge in [0.05, 0.1) is 0 Å². The number of hydrogen-bond donors (Lipinski definition) is 1. The first kappa shape index (κ1) is 13.1. The van der Waals surface area contributed by atoms with E-state index in [1.165, 1.54) is 0 Å². The Morgan fingerprint density at radius 1 is 1.36 bits per heavy atom. The van der Waals surface area contributed by atoms with Crippen molar-refractivity contribution in [3.8, 4) is 0 Å². The number of nitrogens with zero attached hydrogens (tertiary/aromatic N) is 1. The van der Waals surface area contributed by atoms with Crippen LogP contribution in [0.4, 0.5) is 0 Å². The quantitative estimate of drug-likeness (QED) is 0.474. The first-order chi connectivity index (χ1) is 5.27. The molecule has 0 unspecified atom stereocenters. The van der Waals surface area contributed by atoms with Gasteiger partial charge in [0.25, 0.3) is 0 Å². The van der Waals surface area contributed by atoms with Gasteiger partial charge in [-0.3, -0.25) is 4.79 Å². The van der Waals surface area contributed by atoms with Crippen LogP contribution in [-0.4, -0.2) is 38.5 Å². The molecular formula is C8H20N2O. The SMILES string of the molecule is CC.CN(C)CCCNC=O. The number of nitrogens with one attached hydrogen (secondary N) is 1. The molecule has 1 amide bonds. The van der Waals surface area contributed by atoms with Crippen molar-refractivity contribution in [3.63, 3.8) is 0 Å². The summed E-state index contributed by atoms with van der Waals surface area (Å²) in [6, 6.07) is 0. The molecule has 3 heteroatoms. The first-order valence-electron chi connectivity index (χ1n) is 4.09. The maximum Gasteiger partial charge on any atom is 0.207 e. The van der Waals surface area contributed by atoms with Crippen molar-refractivity contribution >= 4 is 6.41 Å². The minimum atomic E-state index is 0.732. The zero-order chi connectivity index (χ0) is 9.11. The zero-order valence-corrected chi connectivity index (χ0v) is 8.05. The molecule has 0 aliphatic carbocycles. The second-order valence-corrected chi connectivity index (χ2v) is 2.23. The van der Waals surface area contributed by atoms with Gasteiger partial charge < -0.3 is 10.2 Å². The summed E-state index contributed by atoms with van der Waals surface area (Å²) in [7, 11) is 4.03. The molecule has 0 saturated heterocycles. The van der Waals surface area contributed by atoms with E-state index in [4.69, 9.17) is 0 Å². The summed E-state index contributed by atoms with van der Waals surface area (Å²) in [6.45, 7) is 5.81. The molecule has 11 heavy (non-hydrogen) atoms. The van der Waals surface area contributed by atoms with Crippen molar-refractivity contribution < 1.29 is 4.79 Å². The first-order valence-corrected chi connectivity index (χ1v) is 4.09. The molecule has 0 heterocycles. The molecule has 0 radical (unpaired) electrons. The van der Waals surface area contributed by atoms with Crippen LogP contribution in [0, 0.1) is 0 Å². The van der Waals surface area contributed by atoms with E-state index in [1.807, 2.05) is 27.9 Å². The molecule has 0 aliphatic rings. The third-order valence-electron chi connectivity index (χ3n) is 1.01. The molecular weight excluding hydrogens is 140 g/mol. The summed E-state index contributed by atoms with van der Waals surface area (Å²) >= 11 is 0. The molecule has 0 spiro atoms. The lowest BCUT2D eigenvalue weighted by molar-refractivity contribution is -0.109. The lowest BCUT2D eigenvalue weighted by Crippen LogP contribution is -2.19. The Morgan fingerprint density at radius 2 is 1.91 bits per heavy atom. The van der Waals surface area contributed by atoms with Gasteiger partial charge in [-0.25, -0.2) is 0 Å². The van der Waals surface area contributed by atoms with Crippen molar-refractivity contribution in [2.24, 2.45) is 0 Å². The normalized spacial score (nSPS) is 8.45. The van der Waals surface area contributed by atoms with Crippen LogP contribution >= 0.6 is 0 Å². The molecule has 0 saturated carbocycles. The van der Waals surface area contributed by atoms with Gasteiger partial charge >= 0.3 is 0 Å². The highest BCUT2D eigenvalue weighted by molar-refractivity contribution is 5.45. The minimum Gasteiger partial charge on any atom is -0.359 e. The van der Waals surface area contributed by atoms with Crippen LogP contribution in [-0.2, 0) is 4.79 Å². The van der Waals surface area contributed by atoms with Gasteiger partial charge in [0, 0.05) is 6.54 Å². The maximum absolute atomic E-state index is 9.72. The molecule has 0 aromatic rings. The lowest BCUT2D eigenvalue weighted by atomic mass is 10.4. The van der Waals surface area contributed by atoms with Crippen LogP contribution in [0.3, 0.4) is 0 Å². The second kappa shape index (κ2) is 12.1. The number of rotatable bonds is 5. The van der Waals surface area contributed by atoms with Crippen LogP contribution in [0.5, 0.6) is 0 Å². The summed E-state index contributed by atoms with van der Waals surface area (Å²) in [5.74, 6) is 0. The summed E-state index contributed by atoms with van der Waals surface area (Å²) in [5.41, 5.74) is 0. The topological polar surface area (TPSA) is 32.3 Å². The summed E-state index contributed by atoms with van der Waals surface area (Å²) in [6.07, 6.45) is 1.75. The van der Waals surface area contributed by atoms with Crippen molar-refractivity contribution in [1.82, 2.24) is 10.2 Å². The molecule has 0 aliphatic heterocycles. The van der Waals surface area contributed by atoms with Gasteiger partial charge in [0.2, 0.25) is 6.41 Å². The highest BCUT2D eigenvalue weighted by Gasteiger charge is 1.87. The van der Waals surface area contributed by atoms with Gasteiger partial charge in [-0.1, -0.05) is 13.8 Å². The van der Waals surface area contributed by atoms with Crippen LogP contribution in [0.25, 0.3) is 0 Å². The fourth-order valence-electron chi connectivity index (χ4n) is 0.556. The van der Waals surface area contributed by atoms with Crippen LogP contribution in [0.2, 0.25) is 0 Å². The van der Waals surface area contributed by atoms with Gasteiger partial charge in [-0.15, -0.1) is 0 Å². The third kappa shape index (κ3) is 17.7. The Morgan fingerprint density at radius 3 is 2.27 bits per heavy atom. The van der Waals surface area contributed by atoms with Crippen molar-refractivity contribution in [1.29, 1.82) is 0 Å². The number of amides is 1. The van der Waals surface area contributed by atoms with E-state index in [0.717, 1.165) is 25.9 Å². The van der Waals surface area contributed by atoms with E-state index in [0.29, 0.717) is 0 Å². The highest BCUT2D eigenvalue weighted by atomic mass is 16.1. The molecule has 0 bridgehead atoms. The fourth-order valence-corrected chi connectivity index (χ4v) is 0.556. The maximum atomic E-state index is 9.72. The Balaban J connectivity index is 0. The Bertz CT molecular complexity index is 74.5. The van der Waals surface area contributed by atoms with E-state index >= 15 is 0 Å². The van der Waals surface area contributed by atoms with Crippen LogP contribution < -0.4 is 5.32 Å². The average molecular weight is 160 g/mol. The summed E-state index contributed by atoms with van der Waals surface area (Å²) in [4.78, 5) is 11.8. The fraction of sp³-hybridized carbons (Fsp3) is 0.875. The standard InChI is InChI=1S/C6H14N2O.C2H6/c1-8(2)5-3-4-7-6-9;1-2/h6H,3-5H2,1-2H3,(H,7,9);1-2H3. The molecule has 3 nitrogen and oxygen atoms in total. The third-order valence-corrected chi connectivity index (χ3v) is 1.01. The van der Waals surface area contributed by atoms with E-state index < -0.39 is 0 Å². The molecule has 68 valence electrons. The largest absolute Gasteiger partial charge is 0.359 e. The van der Waals surface area contributed by atoms with E-state index in [-0.39, 0.29) is 0 Å². The minimum absolute atomic E-state index is 0.732.